The summed E-state index contributed by atoms with van der Waals surface area (Å²) in [5.41, 5.74) is 2.14. The smallest absolute Gasteiger partial charge is 0.166 e. The van der Waals surface area contributed by atoms with E-state index in [9.17, 15) is 4.79 Å². The summed E-state index contributed by atoms with van der Waals surface area (Å²) in [6.07, 6.45) is 0.783. The van der Waals surface area contributed by atoms with Crippen LogP contribution in [-0.2, 0) is 0 Å². The van der Waals surface area contributed by atoms with Gasteiger partial charge >= 0.3 is 0 Å². The third-order valence-corrected chi connectivity index (χ3v) is 2.81. The minimum Gasteiger partial charge on any atom is -0.496 e. The monoisotopic (exact) mass is 223 g/mol. The van der Waals surface area contributed by atoms with Crippen LogP contribution in [0.4, 0.5) is 0 Å². The molecule has 1 aromatic heterocycles. The molecule has 0 spiro atoms. The van der Waals surface area contributed by atoms with Crippen LogP contribution in [0.5, 0.6) is 5.75 Å². The van der Waals surface area contributed by atoms with Crippen molar-refractivity contribution < 1.29 is 9.53 Å². The number of rotatable bonds is 2. The van der Waals surface area contributed by atoms with Crippen LogP contribution in [0, 0.1) is 6.92 Å². The van der Waals surface area contributed by atoms with E-state index in [-0.39, 0.29) is 0 Å². The van der Waals surface area contributed by atoms with Gasteiger partial charge in [-0.3, -0.25) is 4.79 Å². The molecule has 78 valence electrons. The van der Waals surface area contributed by atoms with Crippen LogP contribution in [0.25, 0.3) is 10.9 Å². The van der Waals surface area contributed by atoms with E-state index in [1.54, 1.807) is 19.2 Å². The van der Waals surface area contributed by atoms with Gasteiger partial charge in [0.05, 0.1) is 23.3 Å². The van der Waals surface area contributed by atoms with Crippen molar-refractivity contribution in [3.63, 3.8) is 0 Å². The number of carbonyl (C=O) groups excluding carboxylic acids is 1. The van der Waals surface area contributed by atoms with Crippen molar-refractivity contribution in [3.05, 3.63) is 28.4 Å². The maximum absolute atomic E-state index is 10.8. The Hall–Kier alpha value is -1.48. The lowest BCUT2D eigenvalue weighted by atomic mass is 10.1. The van der Waals surface area contributed by atoms with Crippen LogP contribution in [0.1, 0.15) is 16.1 Å². The summed E-state index contributed by atoms with van der Waals surface area (Å²) in [6.45, 7) is 1.86. The number of H-pyrrole nitrogens is 1. The van der Waals surface area contributed by atoms with Gasteiger partial charge in [-0.2, -0.15) is 0 Å². The van der Waals surface area contributed by atoms with Gasteiger partial charge in [-0.15, -0.1) is 0 Å². The van der Waals surface area contributed by atoms with Gasteiger partial charge in [-0.05, 0) is 24.6 Å². The second kappa shape index (κ2) is 3.59. The molecule has 0 aliphatic rings. The Morgan fingerprint density at radius 2 is 2.20 bits per heavy atom. The van der Waals surface area contributed by atoms with E-state index < -0.39 is 0 Å². The number of benzene rings is 1. The van der Waals surface area contributed by atoms with E-state index >= 15 is 0 Å². The van der Waals surface area contributed by atoms with Crippen molar-refractivity contribution in [2.24, 2.45) is 0 Å². The van der Waals surface area contributed by atoms with E-state index in [4.69, 9.17) is 16.3 Å². The standard InChI is InChI=1S/C11H10ClNO2/c1-6-8(5-14)13-11-7(12)3-4-9(15-2)10(6)11/h3-5,13H,1-2H3. The van der Waals surface area contributed by atoms with E-state index in [1.165, 1.54) is 0 Å². The van der Waals surface area contributed by atoms with Crippen LogP contribution >= 0.6 is 11.6 Å². The Morgan fingerprint density at radius 3 is 2.80 bits per heavy atom. The SMILES string of the molecule is COc1ccc(Cl)c2[nH]c(C=O)c(C)c12. The van der Waals surface area contributed by atoms with Crippen molar-refractivity contribution in [2.45, 2.75) is 6.92 Å². The molecule has 0 atom stereocenters. The van der Waals surface area contributed by atoms with Crippen LogP contribution in [-0.4, -0.2) is 18.4 Å². The summed E-state index contributed by atoms with van der Waals surface area (Å²) in [6, 6.07) is 3.54. The molecule has 0 fully saturated rings. The average Bonchev–Trinajstić information content (AvgIpc) is 2.58. The first kappa shape index (κ1) is 10.1. The molecule has 0 aliphatic heterocycles. The molecule has 0 amide bonds. The van der Waals surface area contributed by atoms with Gasteiger partial charge in [-0.1, -0.05) is 11.6 Å². The molecule has 0 bridgehead atoms. The predicted octanol–water partition coefficient (Wildman–Crippen LogP) is 2.95. The van der Waals surface area contributed by atoms with Gasteiger partial charge in [-0.25, -0.2) is 0 Å². The Morgan fingerprint density at radius 1 is 1.47 bits per heavy atom. The number of halogens is 1. The summed E-state index contributed by atoms with van der Waals surface area (Å²) in [7, 11) is 1.59. The molecule has 4 heteroatoms. The van der Waals surface area contributed by atoms with Crippen molar-refractivity contribution in [1.82, 2.24) is 4.98 Å². The van der Waals surface area contributed by atoms with Crippen LogP contribution in [0.3, 0.4) is 0 Å². The summed E-state index contributed by atoms with van der Waals surface area (Å²) in [5, 5.41) is 1.45. The lowest BCUT2D eigenvalue weighted by Crippen LogP contribution is -1.85. The Labute approximate surface area is 92.0 Å². The van der Waals surface area contributed by atoms with E-state index in [0.717, 1.165) is 28.5 Å². The summed E-state index contributed by atoms with van der Waals surface area (Å²) in [5.74, 6) is 0.719. The van der Waals surface area contributed by atoms with Crippen LogP contribution in [0.2, 0.25) is 5.02 Å². The molecule has 1 heterocycles. The second-order valence-corrected chi connectivity index (χ2v) is 3.69. The Balaban J connectivity index is 2.91. The van der Waals surface area contributed by atoms with Crippen LogP contribution < -0.4 is 4.74 Å². The molecule has 3 nitrogen and oxygen atoms in total. The lowest BCUT2D eigenvalue weighted by Gasteiger charge is -2.03. The number of aryl methyl sites for hydroxylation is 1. The highest BCUT2D eigenvalue weighted by atomic mass is 35.5. The van der Waals surface area contributed by atoms with Crippen molar-refractivity contribution in [1.29, 1.82) is 0 Å². The molecule has 1 N–H and O–H groups in total. The zero-order chi connectivity index (χ0) is 11.0. The first-order valence-electron chi connectivity index (χ1n) is 4.49. The fraction of sp³-hybridized carbons (Fsp3) is 0.182. The maximum atomic E-state index is 10.8. The molecule has 0 radical (unpaired) electrons. The third-order valence-electron chi connectivity index (χ3n) is 2.49. The fourth-order valence-corrected chi connectivity index (χ4v) is 1.91. The van der Waals surface area contributed by atoms with Crippen LogP contribution in [0.15, 0.2) is 12.1 Å². The largest absolute Gasteiger partial charge is 0.496 e. The molecule has 0 aliphatic carbocycles. The summed E-state index contributed by atoms with van der Waals surface area (Å²) in [4.78, 5) is 13.8. The van der Waals surface area contributed by atoms with E-state index in [1.807, 2.05) is 6.92 Å². The number of ether oxygens (including phenoxy) is 1. The number of aromatic nitrogens is 1. The zero-order valence-corrected chi connectivity index (χ0v) is 9.18. The summed E-state index contributed by atoms with van der Waals surface area (Å²) >= 11 is 6.03. The number of aromatic amines is 1. The number of hydrogen-bond acceptors (Lipinski definition) is 2. The number of fused-ring (bicyclic) bond motifs is 1. The first-order valence-corrected chi connectivity index (χ1v) is 4.86. The lowest BCUT2D eigenvalue weighted by molar-refractivity contribution is 0.111. The molecule has 0 saturated heterocycles. The maximum Gasteiger partial charge on any atom is 0.166 e. The van der Waals surface area contributed by atoms with Gasteiger partial charge < -0.3 is 9.72 Å². The number of nitrogens with one attached hydrogen (secondary N) is 1. The first-order chi connectivity index (χ1) is 7.19. The fourth-order valence-electron chi connectivity index (χ4n) is 1.70. The van der Waals surface area contributed by atoms with Gasteiger partial charge in [0.2, 0.25) is 0 Å². The molecule has 15 heavy (non-hydrogen) atoms. The minimum atomic E-state index is 0.538. The normalized spacial score (nSPS) is 10.6. The van der Waals surface area contributed by atoms with E-state index in [0.29, 0.717) is 10.7 Å². The molecule has 0 saturated carbocycles. The highest BCUT2D eigenvalue weighted by molar-refractivity contribution is 6.35. The molecule has 0 unspecified atom stereocenters. The highest BCUT2D eigenvalue weighted by Crippen LogP contribution is 2.34. The molecular weight excluding hydrogens is 214 g/mol. The minimum absolute atomic E-state index is 0.538. The number of aldehydes is 1. The Bertz CT molecular complexity index is 531. The average molecular weight is 224 g/mol. The molecule has 1 aromatic carbocycles. The summed E-state index contributed by atoms with van der Waals surface area (Å²) < 4.78 is 5.23. The number of hydrogen-bond donors (Lipinski definition) is 1. The van der Waals surface area contributed by atoms with Gasteiger partial charge in [0.15, 0.2) is 6.29 Å². The quantitative estimate of drug-likeness (QED) is 0.796. The van der Waals surface area contributed by atoms with Gasteiger partial charge in [0.1, 0.15) is 5.75 Å². The topological polar surface area (TPSA) is 42.1 Å². The second-order valence-electron chi connectivity index (χ2n) is 3.28. The molecule has 2 rings (SSSR count). The van der Waals surface area contributed by atoms with Crippen molar-refractivity contribution >= 4 is 28.8 Å². The number of methoxy groups -OCH3 is 1. The van der Waals surface area contributed by atoms with E-state index in [2.05, 4.69) is 4.98 Å². The molecule has 2 aromatic rings. The van der Waals surface area contributed by atoms with Gasteiger partial charge in [0.25, 0.3) is 0 Å². The molecular formula is C11H10ClNO2. The Kier molecular flexibility index (Phi) is 2.40. The number of carbonyl (C=O) groups is 1. The zero-order valence-electron chi connectivity index (χ0n) is 8.43. The predicted molar refractivity (Wildman–Crippen MR) is 60.0 cm³/mol. The van der Waals surface area contributed by atoms with Crippen molar-refractivity contribution in [2.75, 3.05) is 7.11 Å². The third kappa shape index (κ3) is 1.39. The van der Waals surface area contributed by atoms with Gasteiger partial charge in [0, 0.05) is 5.39 Å². The highest BCUT2D eigenvalue weighted by Gasteiger charge is 2.13. The van der Waals surface area contributed by atoms with Crippen molar-refractivity contribution in [3.8, 4) is 5.75 Å².